The summed E-state index contributed by atoms with van der Waals surface area (Å²) in [4.78, 5) is 49.8. The predicted molar refractivity (Wildman–Crippen MR) is 101 cm³/mol. The van der Waals surface area contributed by atoms with Crippen LogP contribution in [0.1, 0.15) is 36.6 Å². The molecule has 7 nitrogen and oxygen atoms in total. The van der Waals surface area contributed by atoms with E-state index < -0.39 is 34.0 Å². The third-order valence-corrected chi connectivity index (χ3v) is 4.59. The fourth-order valence-electron chi connectivity index (χ4n) is 3.21. The van der Waals surface area contributed by atoms with Crippen molar-refractivity contribution < 1.29 is 23.7 Å². The van der Waals surface area contributed by atoms with Gasteiger partial charge in [0.1, 0.15) is 5.82 Å². The van der Waals surface area contributed by atoms with Gasteiger partial charge >= 0.3 is 0 Å². The van der Waals surface area contributed by atoms with Crippen LogP contribution in [0.4, 0.5) is 15.8 Å². The Morgan fingerprint density at radius 1 is 0.862 bits per heavy atom. The first kappa shape index (κ1) is 18.2. The summed E-state index contributed by atoms with van der Waals surface area (Å²) < 4.78 is 14.2. The van der Waals surface area contributed by atoms with E-state index in [0.29, 0.717) is 0 Å². The first-order valence-corrected chi connectivity index (χ1v) is 8.45. The minimum Gasteiger partial charge on any atom is -0.288 e. The minimum atomic E-state index is -0.877. The van der Waals surface area contributed by atoms with Crippen molar-refractivity contribution in [1.82, 2.24) is 0 Å². The fraction of sp³-hybridized carbons (Fsp3) is 0. The highest BCUT2D eigenvalue weighted by molar-refractivity contribution is 6.35. The van der Waals surface area contributed by atoms with E-state index in [-0.39, 0.29) is 27.9 Å². The van der Waals surface area contributed by atoms with Gasteiger partial charge < -0.3 is 0 Å². The normalized spacial score (nSPS) is 12.8. The van der Waals surface area contributed by atoms with Crippen LogP contribution < -0.4 is 4.90 Å². The van der Waals surface area contributed by atoms with Crippen LogP contribution in [0.5, 0.6) is 0 Å². The van der Waals surface area contributed by atoms with Crippen molar-refractivity contribution in [2.45, 2.75) is 0 Å². The summed E-state index contributed by atoms with van der Waals surface area (Å²) >= 11 is 0. The third kappa shape index (κ3) is 2.87. The molecule has 3 aromatic carbocycles. The zero-order chi connectivity index (χ0) is 20.7. The summed E-state index contributed by atoms with van der Waals surface area (Å²) in [6.07, 6.45) is 0. The highest BCUT2D eigenvalue weighted by Crippen LogP contribution is 2.34. The van der Waals surface area contributed by atoms with Gasteiger partial charge in [0, 0.05) is 12.1 Å². The number of imide groups is 1. The first-order chi connectivity index (χ1) is 13.9. The molecule has 1 aliphatic rings. The lowest BCUT2D eigenvalue weighted by atomic mass is 9.99. The Morgan fingerprint density at radius 3 is 2.03 bits per heavy atom. The quantitative estimate of drug-likeness (QED) is 0.292. The molecule has 8 heteroatoms. The molecule has 0 radical (unpaired) electrons. The summed E-state index contributed by atoms with van der Waals surface area (Å²) in [6, 6.07) is 14.4. The molecule has 3 aromatic rings. The van der Waals surface area contributed by atoms with Crippen LogP contribution in [0.15, 0.2) is 66.7 Å². The lowest BCUT2D eigenvalue weighted by Crippen LogP contribution is -2.31. The van der Waals surface area contributed by atoms with Gasteiger partial charge in [0.05, 0.1) is 32.9 Å². The number of carbonyl (C=O) groups excluding carboxylic acids is 3. The van der Waals surface area contributed by atoms with Gasteiger partial charge in [-0.15, -0.1) is 0 Å². The van der Waals surface area contributed by atoms with Crippen molar-refractivity contribution in [3.63, 3.8) is 0 Å². The van der Waals surface area contributed by atoms with Crippen LogP contribution in [0.3, 0.4) is 0 Å². The molecule has 1 heterocycles. The first-order valence-electron chi connectivity index (χ1n) is 8.45. The molecule has 1 aliphatic heterocycles. The van der Waals surface area contributed by atoms with Crippen LogP contribution in [0.2, 0.25) is 0 Å². The Bertz CT molecular complexity index is 1190. The van der Waals surface area contributed by atoms with Crippen molar-refractivity contribution in [1.29, 1.82) is 0 Å². The van der Waals surface area contributed by atoms with Gasteiger partial charge in [-0.25, -0.2) is 9.29 Å². The van der Waals surface area contributed by atoms with Crippen LogP contribution in [-0.2, 0) is 0 Å². The number of nitrogens with zero attached hydrogens (tertiary/aromatic N) is 2. The molecule has 29 heavy (non-hydrogen) atoms. The molecule has 0 unspecified atom stereocenters. The number of hydrogen-bond donors (Lipinski definition) is 0. The predicted octanol–water partition coefficient (Wildman–Crippen LogP) is 3.77. The summed E-state index contributed by atoms with van der Waals surface area (Å²) in [5.74, 6) is -3.03. The van der Waals surface area contributed by atoms with Crippen molar-refractivity contribution in [3.05, 3.63) is 105 Å². The molecule has 142 valence electrons. The molecule has 0 bridgehead atoms. The SMILES string of the molecule is O=C(c1ccccc1F)c1cc([N+](=O)[O-])ccc1N1C(=O)c2ccccc2C1=O. The molecular weight excluding hydrogens is 379 g/mol. The second-order valence-corrected chi connectivity index (χ2v) is 6.26. The van der Waals surface area contributed by atoms with E-state index in [4.69, 9.17) is 0 Å². The molecule has 2 amide bonds. The molecule has 4 rings (SSSR count). The van der Waals surface area contributed by atoms with Gasteiger partial charge in [0.2, 0.25) is 0 Å². The number of rotatable bonds is 4. The number of halogens is 1. The van der Waals surface area contributed by atoms with E-state index in [0.717, 1.165) is 29.2 Å². The van der Waals surface area contributed by atoms with Crippen LogP contribution in [-0.4, -0.2) is 22.5 Å². The number of carbonyl (C=O) groups is 3. The number of nitro benzene ring substituents is 1. The van der Waals surface area contributed by atoms with Gasteiger partial charge in [0.15, 0.2) is 5.78 Å². The molecule has 0 fully saturated rings. The van der Waals surface area contributed by atoms with Crippen molar-refractivity contribution in [2.75, 3.05) is 4.90 Å². The maximum absolute atomic E-state index is 14.2. The molecule has 0 atom stereocenters. The molecule has 0 aromatic heterocycles. The summed E-state index contributed by atoms with van der Waals surface area (Å²) in [5, 5.41) is 11.2. The molecule has 0 spiro atoms. The lowest BCUT2D eigenvalue weighted by Gasteiger charge is -2.17. The molecular formula is C21H11FN2O5. The third-order valence-electron chi connectivity index (χ3n) is 4.59. The van der Waals surface area contributed by atoms with Gasteiger partial charge in [-0.05, 0) is 30.3 Å². The van der Waals surface area contributed by atoms with Crippen LogP contribution in [0.25, 0.3) is 0 Å². The van der Waals surface area contributed by atoms with E-state index in [1.165, 1.54) is 30.3 Å². The Morgan fingerprint density at radius 2 is 1.45 bits per heavy atom. The molecule has 0 N–H and O–H groups in total. The maximum Gasteiger partial charge on any atom is 0.270 e. The topological polar surface area (TPSA) is 97.6 Å². The van der Waals surface area contributed by atoms with Crippen molar-refractivity contribution in [2.24, 2.45) is 0 Å². The van der Waals surface area contributed by atoms with E-state index in [1.54, 1.807) is 12.1 Å². The van der Waals surface area contributed by atoms with Gasteiger partial charge in [-0.2, -0.15) is 0 Å². The number of non-ortho nitro benzene ring substituents is 1. The smallest absolute Gasteiger partial charge is 0.270 e. The number of ketones is 1. The van der Waals surface area contributed by atoms with Crippen LogP contribution >= 0.6 is 0 Å². The average molecular weight is 390 g/mol. The van der Waals surface area contributed by atoms with E-state index in [1.807, 2.05) is 0 Å². The number of nitro groups is 1. The second kappa shape index (κ2) is 6.75. The summed E-state index contributed by atoms with van der Waals surface area (Å²) in [6.45, 7) is 0. The van der Waals surface area contributed by atoms with Gasteiger partial charge in [-0.3, -0.25) is 24.5 Å². The zero-order valence-corrected chi connectivity index (χ0v) is 14.7. The monoisotopic (exact) mass is 390 g/mol. The van der Waals surface area contributed by atoms with E-state index in [9.17, 15) is 28.9 Å². The highest BCUT2D eigenvalue weighted by atomic mass is 19.1. The maximum atomic E-state index is 14.2. The Hall–Kier alpha value is -4.20. The number of benzene rings is 3. The Kier molecular flexibility index (Phi) is 4.23. The molecule has 0 aliphatic carbocycles. The summed E-state index contributed by atoms with van der Waals surface area (Å²) in [5.41, 5.74) is -0.912. The average Bonchev–Trinajstić information content (AvgIpc) is 2.98. The minimum absolute atomic E-state index is 0.143. The number of amides is 2. The lowest BCUT2D eigenvalue weighted by molar-refractivity contribution is -0.384. The Balaban J connectivity index is 1.90. The number of fused-ring (bicyclic) bond motifs is 1. The molecule has 0 saturated carbocycles. The van der Waals surface area contributed by atoms with E-state index in [2.05, 4.69) is 0 Å². The van der Waals surface area contributed by atoms with E-state index >= 15 is 0 Å². The van der Waals surface area contributed by atoms with Gasteiger partial charge in [0.25, 0.3) is 17.5 Å². The largest absolute Gasteiger partial charge is 0.288 e. The molecule has 0 saturated heterocycles. The Labute approximate surface area is 163 Å². The van der Waals surface area contributed by atoms with Crippen molar-refractivity contribution in [3.8, 4) is 0 Å². The standard InChI is InChI=1S/C21H11FN2O5/c22-17-8-4-3-7-15(17)19(25)16-11-12(24(28)29)9-10-18(16)23-20(26)13-5-1-2-6-14(13)21(23)27/h1-11H. The van der Waals surface area contributed by atoms with Gasteiger partial charge in [-0.1, -0.05) is 24.3 Å². The van der Waals surface area contributed by atoms with Crippen molar-refractivity contribution >= 4 is 29.0 Å². The zero-order valence-electron chi connectivity index (χ0n) is 14.7. The number of anilines is 1. The number of hydrogen-bond acceptors (Lipinski definition) is 5. The van der Waals surface area contributed by atoms with Crippen LogP contribution in [0, 0.1) is 15.9 Å². The fourth-order valence-corrected chi connectivity index (χ4v) is 3.21. The highest BCUT2D eigenvalue weighted by Gasteiger charge is 2.38. The summed E-state index contributed by atoms with van der Waals surface area (Å²) in [7, 11) is 0. The second-order valence-electron chi connectivity index (χ2n) is 6.26.